The van der Waals surface area contributed by atoms with E-state index in [0.717, 1.165) is 33.4 Å². The molecule has 3 N–H and O–H groups in total. The number of aromatic hydroxyl groups is 1. The molecule has 9 nitrogen and oxygen atoms in total. The number of benzene rings is 1. The van der Waals surface area contributed by atoms with E-state index in [9.17, 15) is 20.1 Å². The maximum absolute atomic E-state index is 12.6. The Morgan fingerprint density at radius 3 is 2.85 bits per heavy atom. The number of nitrogens with zero attached hydrogens (tertiary/aromatic N) is 3. The Bertz CT molecular complexity index is 1170. The molecule has 1 aromatic carbocycles. The fourth-order valence-electron chi connectivity index (χ4n) is 5.55. The van der Waals surface area contributed by atoms with E-state index < -0.39 is 23.7 Å². The number of fused-ring (bicyclic) bond motifs is 5. The van der Waals surface area contributed by atoms with Gasteiger partial charge in [-0.25, -0.2) is 9.78 Å². The predicted molar refractivity (Wildman–Crippen MR) is 124 cm³/mol. The molecule has 0 saturated carbocycles. The second kappa shape index (κ2) is 8.49. The van der Waals surface area contributed by atoms with Gasteiger partial charge in [0.25, 0.3) is 0 Å². The van der Waals surface area contributed by atoms with Crippen LogP contribution in [0.2, 0.25) is 0 Å². The van der Waals surface area contributed by atoms with Crippen LogP contribution in [0.3, 0.4) is 0 Å². The molecule has 0 radical (unpaired) electrons. The molecule has 3 aliphatic heterocycles. The van der Waals surface area contributed by atoms with Crippen molar-refractivity contribution in [3.63, 3.8) is 0 Å². The number of ether oxygens (including phenoxy) is 2. The quantitative estimate of drug-likeness (QED) is 0.541. The monoisotopic (exact) mass is 469 g/mol. The van der Waals surface area contributed by atoms with Crippen molar-refractivity contribution >= 4 is 22.6 Å². The van der Waals surface area contributed by atoms with Gasteiger partial charge in [0.15, 0.2) is 5.60 Å². The molecule has 0 bridgehead atoms. The molecule has 1 aromatic heterocycles. The number of esters is 1. The van der Waals surface area contributed by atoms with E-state index in [0.29, 0.717) is 13.1 Å². The number of phenolic OH excluding ortho intramolecular Hbond substituents is 1. The molecule has 182 valence electrons. The van der Waals surface area contributed by atoms with Gasteiger partial charge in [0.1, 0.15) is 12.0 Å². The standard InChI is InChI=1S/C25H31N3O6/c1-4-25(32)18-10-20-22-14(9-15-16(12-27(2)3)21(30)6-5-19(15)26-22)11-28(20)23(33-8-7-29)17(18)13-34-24(25)31/h5-6,9-10,17-18,23,29-30,32H,4,7-8,11-13H2,1-3H3/t17?,18?,23?,25-/m0/s1. The lowest BCUT2D eigenvalue weighted by Crippen LogP contribution is -2.60. The largest absolute Gasteiger partial charge is 0.508 e. The van der Waals surface area contributed by atoms with Gasteiger partial charge in [-0.15, -0.1) is 0 Å². The average Bonchev–Trinajstić information content (AvgIpc) is 3.17. The van der Waals surface area contributed by atoms with Crippen molar-refractivity contribution in [2.75, 3.05) is 33.9 Å². The Kier molecular flexibility index (Phi) is 5.76. The van der Waals surface area contributed by atoms with Gasteiger partial charge in [0.05, 0.1) is 36.7 Å². The highest BCUT2D eigenvalue weighted by molar-refractivity contribution is 5.88. The van der Waals surface area contributed by atoms with Crippen LogP contribution >= 0.6 is 0 Å². The Balaban J connectivity index is 1.65. The van der Waals surface area contributed by atoms with Gasteiger partial charge < -0.3 is 34.6 Å². The van der Waals surface area contributed by atoms with Crippen LogP contribution in [-0.4, -0.2) is 81.8 Å². The molecule has 3 aliphatic rings. The summed E-state index contributed by atoms with van der Waals surface area (Å²) in [6, 6.07) is 5.54. The normalized spacial score (nSPS) is 27.9. The summed E-state index contributed by atoms with van der Waals surface area (Å²) < 4.78 is 11.5. The van der Waals surface area contributed by atoms with Gasteiger partial charge in [0, 0.05) is 35.9 Å². The average molecular weight is 470 g/mol. The molecule has 0 amide bonds. The first-order valence-electron chi connectivity index (χ1n) is 11.7. The summed E-state index contributed by atoms with van der Waals surface area (Å²) in [5.74, 6) is -1.16. The van der Waals surface area contributed by atoms with Gasteiger partial charge in [0.2, 0.25) is 0 Å². The van der Waals surface area contributed by atoms with E-state index in [1.165, 1.54) is 0 Å². The highest BCUT2D eigenvalue weighted by Crippen LogP contribution is 2.48. The van der Waals surface area contributed by atoms with Crippen LogP contribution in [0.5, 0.6) is 5.75 Å². The van der Waals surface area contributed by atoms with Crippen molar-refractivity contribution < 1.29 is 29.6 Å². The first-order valence-corrected chi connectivity index (χ1v) is 11.7. The van der Waals surface area contributed by atoms with Crippen molar-refractivity contribution in [2.45, 2.75) is 38.3 Å². The van der Waals surface area contributed by atoms with E-state index in [1.54, 1.807) is 19.1 Å². The fourth-order valence-corrected chi connectivity index (χ4v) is 5.55. The second-order valence-corrected chi connectivity index (χ2v) is 9.59. The van der Waals surface area contributed by atoms with Crippen molar-refractivity contribution in [3.8, 4) is 5.75 Å². The number of aromatic nitrogens is 1. The number of cyclic esters (lactones) is 1. The van der Waals surface area contributed by atoms with Gasteiger partial charge in [-0.2, -0.15) is 0 Å². The van der Waals surface area contributed by atoms with E-state index in [1.807, 2.05) is 25.1 Å². The number of phenols is 1. The molecular formula is C25H31N3O6. The van der Waals surface area contributed by atoms with Crippen LogP contribution in [-0.2, 0) is 27.4 Å². The number of aliphatic hydroxyl groups is 2. The highest BCUT2D eigenvalue weighted by Gasteiger charge is 2.57. The Labute approximate surface area is 198 Å². The maximum Gasteiger partial charge on any atom is 0.338 e. The second-order valence-electron chi connectivity index (χ2n) is 9.59. The topological polar surface area (TPSA) is 116 Å². The molecule has 5 rings (SSSR count). The number of hydrogen-bond acceptors (Lipinski definition) is 9. The molecular weight excluding hydrogens is 438 g/mol. The number of carbonyl (C=O) groups is 1. The minimum atomic E-state index is -1.65. The van der Waals surface area contributed by atoms with E-state index >= 15 is 0 Å². The molecule has 3 unspecified atom stereocenters. The molecule has 0 spiro atoms. The van der Waals surface area contributed by atoms with Crippen molar-refractivity contribution in [1.82, 2.24) is 14.8 Å². The van der Waals surface area contributed by atoms with Crippen molar-refractivity contribution in [2.24, 2.45) is 11.8 Å². The first-order chi connectivity index (χ1) is 16.3. The summed E-state index contributed by atoms with van der Waals surface area (Å²) in [5.41, 5.74) is 2.51. The third-order valence-electron chi connectivity index (χ3n) is 7.23. The van der Waals surface area contributed by atoms with Crippen LogP contribution < -0.4 is 0 Å². The summed E-state index contributed by atoms with van der Waals surface area (Å²) in [6.07, 6.45) is 1.67. The van der Waals surface area contributed by atoms with Gasteiger partial charge >= 0.3 is 5.97 Å². The molecule has 0 aliphatic carbocycles. The summed E-state index contributed by atoms with van der Waals surface area (Å²) in [6.45, 7) is 2.99. The first kappa shape index (κ1) is 23.0. The molecule has 34 heavy (non-hydrogen) atoms. The van der Waals surface area contributed by atoms with Crippen LogP contribution in [0.25, 0.3) is 16.6 Å². The highest BCUT2D eigenvalue weighted by atomic mass is 16.6. The third kappa shape index (κ3) is 3.46. The molecule has 4 heterocycles. The number of rotatable bonds is 6. The fraction of sp³-hybridized carbons (Fsp3) is 0.520. The van der Waals surface area contributed by atoms with Gasteiger partial charge in [-0.1, -0.05) is 13.0 Å². The lowest BCUT2D eigenvalue weighted by molar-refractivity contribution is -0.206. The Morgan fingerprint density at radius 2 is 2.15 bits per heavy atom. The lowest BCUT2D eigenvalue weighted by Gasteiger charge is -2.49. The zero-order valence-electron chi connectivity index (χ0n) is 19.7. The van der Waals surface area contributed by atoms with Gasteiger partial charge in [-0.3, -0.25) is 0 Å². The number of aliphatic hydroxyl groups excluding tert-OH is 1. The lowest BCUT2D eigenvalue weighted by atomic mass is 9.72. The summed E-state index contributed by atoms with van der Waals surface area (Å²) in [7, 11) is 3.90. The van der Waals surface area contributed by atoms with Crippen molar-refractivity contribution in [1.29, 1.82) is 0 Å². The zero-order valence-corrected chi connectivity index (χ0v) is 19.7. The number of hydrogen-bond donors (Lipinski definition) is 3. The molecule has 1 fully saturated rings. The Hall–Kier alpha value is -2.72. The minimum Gasteiger partial charge on any atom is -0.508 e. The smallest absolute Gasteiger partial charge is 0.338 e. The molecule has 1 saturated heterocycles. The molecule has 9 heteroatoms. The molecule has 2 aromatic rings. The van der Waals surface area contributed by atoms with E-state index in [2.05, 4.69) is 11.0 Å². The SMILES string of the molecule is CC[C@@]1(O)C(=O)OCC2C(OCCO)N3Cc4cc5c(CN(C)C)c(O)ccc5nc4C3=CC21. The summed E-state index contributed by atoms with van der Waals surface area (Å²) in [4.78, 5) is 21.6. The van der Waals surface area contributed by atoms with E-state index in [-0.39, 0.29) is 37.9 Å². The van der Waals surface area contributed by atoms with Crippen molar-refractivity contribution in [3.05, 3.63) is 41.1 Å². The minimum absolute atomic E-state index is 0.128. The number of pyridine rings is 1. The van der Waals surface area contributed by atoms with E-state index in [4.69, 9.17) is 14.5 Å². The van der Waals surface area contributed by atoms with Crippen LogP contribution in [0.1, 0.15) is 30.2 Å². The zero-order chi connectivity index (χ0) is 24.2. The van der Waals surface area contributed by atoms with Gasteiger partial charge in [-0.05, 0) is 44.3 Å². The third-order valence-corrected chi connectivity index (χ3v) is 7.23. The molecule has 4 atom stereocenters. The predicted octanol–water partition coefficient (Wildman–Crippen LogP) is 1.44. The maximum atomic E-state index is 12.6. The van der Waals surface area contributed by atoms with Crippen LogP contribution in [0.4, 0.5) is 0 Å². The summed E-state index contributed by atoms with van der Waals surface area (Å²) >= 11 is 0. The van der Waals surface area contributed by atoms with Crippen LogP contribution in [0, 0.1) is 11.8 Å². The Morgan fingerprint density at radius 1 is 1.35 bits per heavy atom. The summed E-state index contributed by atoms with van der Waals surface area (Å²) in [5, 5.41) is 32.1. The number of carbonyl (C=O) groups excluding carboxylic acids is 1. The van der Waals surface area contributed by atoms with Crippen LogP contribution in [0.15, 0.2) is 24.3 Å².